The number of hydrogen-bond donors (Lipinski definition) is 0. The Morgan fingerprint density at radius 1 is 1.22 bits per heavy atom. The smallest absolute Gasteiger partial charge is 0.182 e. The van der Waals surface area contributed by atoms with Gasteiger partial charge in [-0.3, -0.25) is 4.90 Å². The van der Waals surface area contributed by atoms with Gasteiger partial charge in [-0.25, -0.2) is 12.8 Å². The highest BCUT2D eigenvalue weighted by molar-refractivity contribution is 7.91. The molecule has 0 atom stereocenters. The van der Waals surface area contributed by atoms with Gasteiger partial charge in [0.1, 0.15) is 10.7 Å². The van der Waals surface area contributed by atoms with Crippen LogP contribution in [-0.2, 0) is 14.6 Å². The average molecular weight is 273 g/mol. The molecule has 1 fully saturated rings. The highest BCUT2D eigenvalue weighted by Crippen LogP contribution is 2.15. The number of sulfone groups is 1. The third kappa shape index (κ3) is 3.28. The summed E-state index contributed by atoms with van der Waals surface area (Å²) < 4.78 is 42.6. The zero-order valence-corrected chi connectivity index (χ0v) is 10.8. The number of rotatable bonds is 4. The summed E-state index contributed by atoms with van der Waals surface area (Å²) in [5, 5.41) is 0. The summed E-state index contributed by atoms with van der Waals surface area (Å²) in [4.78, 5) is 1.81. The Bertz CT molecular complexity index is 498. The standard InChI is InChI=1S/C12H16FNO3S/c13-11-3-1-2-4-12(11)18(15,16)10-7-14-5-8-17-9-6-14/h1-4H,5-10H2. The van der Waals surface area contributed by atoms with Crippen LogP contribution in [0.15, 0.2) is 29.2 Å². The van der Waals surface area contributed by atoms with Crippen molar-refractivity contribution in [1.82, 2.24) is 4.90 Å². The molecule has 0 N–H and O–H groups in total. The molecule has 0 bridgehead atoms. The fourth-order valence-corrected chi connectivity index (χ4v) is 3.25. The van der Waals surface area contributed by atoms with Crippen LogP contribution in [0.4, 0.5) is 4.39 Å². The second-order valence-electron chi connectivity index (χ2n) is 4.20. The Hall–Kier alpha value is -0.980. The normalized spacial score (nSPS) is 17.8. The van der Waals surface area contributed by atoms with Crippen LogP contribution in [0.5, 0.6) is 0 Å². The van der Waals surface area contributed by atoms with E-state index in [4.69, 9.17) is 4.74 Å². The van der Waals surface area contributed by atoms with Gasteiger partial charge in [0, 0.05) is 19.6 Å². The molecule has 6 heteroatoms. The van der Waals surface area contributed by atoms with Crippen LogP contribution in [0.25, 0.3) is 0 Å². The predicted molar refractivity (Wildman–Crippen MR) is 65.7 cm³/mol. The molecule has 18 heavy (non-hydrogen) atoms. The first-order valence-corrected chi connectivity index (χ1v) is 7.52. The summed E-state index contributed by atoms with van der Waals surface area (Å²) in [7, 11) is -3.55. The topological polar surface area (TPSA) is 46.6 Å². The van der Waals surface area contributed by atoms with Crippen LogP contribution >= 0.6 is 0 Å². The summed E-state index contributed by atoms with van der Waals surface area (Å²) in [5.41, 5.74) is 0. The molecular formula is C12H16FNO3S. The quantitative estimate of drug-likeness (QED) is 0.819. The van der Waals surface area contributed by atoms with Crippen molar-refractivity contribution in [1.29, 1.82) is 0 Å². The summed E-state index contributed by atoms with van der Waals surface area (Å²) >= 11 is 0. The molecule has 1 aliphatic rings. The molecular weight excluding hydrogens is 257 g/mol. The van der Waals surface area contributed by atoms with Crippen LogP contribution in [-0.4, -0.2) is 51.9 Å². The zero-order chi connectivity index (χ0) is 13.0. The van der Waals surface area contributed by atoms with E-state index in [2.05, 4.69) is 0 Å². The summed E-state index contributed by atoms with van der Waals surface area (Å²) in [5.74, 6) is -0.743. The van der Waals surface area contributed by atoms with Gasteiger partial charge in [0.05, 0.1) is 19.0 Å². The summed E-state index contributed by atoms with van der Waals surface area (Å²) in [6, 6.07) is 5.49. The lowest BCUT2D eigenvalue weighted by atomic mass is 10.3. The molecule has 1 aromatic rings. The Morgan fingerprint density at radius 3 is 2.56 bits per heavy atom. The van der Waals surface area contributed by atoms with Crippen molar-refractivity contribution in [2.45, 2.75) is 4.90 Å². The average Bonchev–Trinajstić information content (AvgIpc) is 2.38. The van der Waals surface area contributed by atoms with Crippen molar-refractivity contribution in [3.8, 4) is 0 Å². The van der Waals surface area contributed by atoms with E-state index in [-0.39, 0.29) is 10.6 Å². The van der Waals surface area contributed by atoms with Crippen LogP contribution in [0.2, 0.25) is 0 Å². The highest BCUT2D eigenvalue weighted by atomic mass is 32.2. The van der Waals surface area contributed by atoms with Crippen molar-refractivity contribution in [3.63, 3.8) is 0 Å². The number of ether oxygens (including phenoxy) is 1. The lowest BCUT2D eigenvalue weighted by Crippen LogP contribution is -2.39. The minimum absolute atomic E-state index is 0.0616. The van der Waals surface area contributed by atoms with E-state index in [0.29, 0.717) is 19.8 Å². The summed E-state index contributed by atoms with van der Waals surface area (Å²) in [6.07, 6.45) is 0. The van der Waals surface area contributed by atoms with Crippen molar-refractivity contribution in [3.05, 3.63) is 30.1 Å². The van der Waals surface area contributed by atoms with Gasteiger partial charge >= 0.3 is 0 Å². The van der Waals surface area contributed by atoms with Gasteiger partial charge in [-0.15, -0.1) is 0 Å². The van der Waals surface area contributed by atoms with Gasteiger partial charge in [-0.05, 0) is 12.1 Å². The monoisotopic (exact) mass is 273 g/mol. The van der Waals surface area contributed by atoms with Crippen molar-refractivity contribution in [2.75, 3.05) is 38.6 Å². The molecule has 0 unspecified atom stereocenters. The predicted octanol–water partition coefficient (Wildman–Crippen LogP) is 0.932. The fraction of sp³-hybridized carbons (Fsp3) is 0.500. The van der Waals surface area contributed by atoms with Gasteiger partial charge in [-0.1, -0.05) is 12.1 Å². The molecule has 1 aromatic carbocycles. The molecule has 0 spiro atoms. The molecule has 1 heterocycles. The lowest BCUT2D eigenvalue weighted by Gasteiger charge is -2.26. The number of morpholine rings is 1. The molecule has 0 saturated carbocycles. The SMILES string of the molecule is O=S(=O)(CCN1CCOCC1)c1ccccc1F. The van der Waals surface area contributed by atoms with E-state index in [1.54, 1.807) is 0 Å². The molecule has 0 radical (unpaired) electrons. The van der Waals surface area contributed by atoms with Gasteiger partial charge in [0.15, 0.2) is 9.84 Å². The number of benzene rings is 1. The molecule has 1 aliphatic heterocycles. The molecule has 1 saturated heterocycles. The van der Waals surface area contributed by atoms with Crippen LogP contribution < -0.4 is 0 Å². The summed E-state index contributed by atoms with van der Waals surface area (Å²) in [6.45, 7) is 3.12. The van der Waals surface area contributed by atoms with Crippen molar-refractivity contribution in [2.24, 2.45) is 0 Å². The fourth-order valence-electron chi connectivity index (χ4n) is 1.88. The van der Waals surface area contributed by atoms with Crippen LogP contribution in [0.1, 0.15) is 0 Å². The second kappa shape index (κ2) is 5.77. The van der Waals surface area contributed by atoms with E-state index in [0.717, 1.165) is 13.1 Å². The Balaban J connectivity index is 2.01. The lowest BCUT2D eigenvalue weighted by molar-refractivity contribution is 0.0408. The van der Waals surface area contributed by atoms with E-state index in [1.165, 1.54) is 24.3 Å². The largest absolute Gasteiger partial charge is 0.379 e. The molecule has 4 nitrogen and oxygen atoms in total. The zero-order valence-electron chi connectivity index (χ0n) is 10.0. The first kappa shape index (κ1) is 13.5. The maximum atomic E-state index is 13.4. The Morgan fingerprint density at radius 2 is 1.89 bits per heavy atom. The molecule has 0 aliphatic carbocycles. The van der Waals surface area contributed by atoms with E-state index in [1.807, 2.05) is 4.90 Å². The van der Waals surface area contributed by atoms with Crippen molar-refractivity contribution < 1.29 is 17.5 Å². The number of halogens is 1. The maximum absolute atomic E-state index is 13.4. The molecule has 0 amide bonds. The Labute approximate surface area is 106 Å². The highest BCUT2D eigenvalue weighted by Gasteiger charge is 2.20. The first-order chi connectivity index (χ1) is 8.59. The van der Waals surface area contributed by atoms with E-state index >= 15 is 0 Å². The minimum Gasteiger partial charge on any atom is -0.379 e. The number of hydrogen-bond acceptors (Lipinski definition) is 4. The third-order valence-corrected chi connectivity index (χ3v) is 4.67. The van der Waals surface area contributed by atoms with Crippen molar-refractivity contribution >= 4 is 9.84 Å². The Kier molecular flexibility index (Phi) is 4.31. The molecule has 100 valence electrons. The van der Waals surface area contributed by atoms with Gasteiger partial charge < -0.3 is 4.74 Å². The first-order valence-electron chi connectivity index (χ1n) is 5.87. The van der Waals surface area contributed by atoms with Gasteiger partial charge in [-0.2, -0.15) is 0 Å². The maximum Gasteiger partial charge on any atom is 0.182 e. The van der Waals surface area contributed by atoms with Gasteiger partial charge in [0.2, 0.25) is 0 Å². The van der Waals surface area contributed by atoms with Gasteiger partial charge in [0.25, 0.3) is 0 Å². The molecule has 2 rings (SSSR count). The van der Waals surface area contributed by atoms with Crippen LogP contribution in [0, 0.1) is 5.82 Å². The molecule has 0 aromatic heterocycles. The minimum atomic E-state index is -3.55. The van der Waals surface area contributed by atoms with E-state index < -0.39 is 15.7 Å². The van der Waals surface area contributed by atoms with Crippen LogP contribution in [0.3, 0.4) is 0 Å². The van der Waals surface area contributed by atoms with E-state index in [9.17, 15) is 12.8 Å². The second-order valence-corrected chi connectivity index (χ2v) is 6.28. The number of nitrogens with zero attached hydrogens (tertiary/aromatic N) is 1. The third-order valence-electron chi connectivity index (χ3n) is 2.95.